The first-order chi connectivity index (χ1) is 19.2. The van der Waals surface area contributed by atoms with Gasteiger partial charge in [-0.25, -0.2) is 14.0 Å². The number of halogens is 1. The molecule has 1 saturated carbocycles. The molecule has 0 aromatic heterocycles. The lowest BCUT2D eigenvalue weighted by Crippen LogP contribution is -2.53. The van der Waals surface area contributed by atoms with Crippen LogP contribution in [0.5, 0.6) is 0 Å². The van der Waals surface area contributed by atoms with Gasteiger partial charge in [0.25, 0.3) is 0 Å². The van der Waals surface area contributed by atoms with Gasteiger partial charge in [0.2, 0.25) is 11.8 Å². The van der Waals surface area contributed by atoms with E-state index in [9.17, 15) is 23.6 Å². The fraction of sp³-hybridized carbons (Fsp3) is 0.533. The molecule has 0 spiro atoms. The molecule has 9 nitrogen and oxygen atoms in total. The highest BCUT2D eigenvalue weighted by molar-refractivity contribution is 5.95. The van der Waals surface area contributed by atoms with E-state index in [-0.39, 0.29) is 50.1 Å². The van der Waals surface area contributed by atoms with Crippen molar-refractivity contribution in [1.82, 2.24) is 15.1 Å². The molecule has 1 unspecified atom stereocenters. The lowest BCUT2D eigenvalue weighted by Gasteiger charge is -2.26. The summed E-state index contributed by atoms with van der Waals surface area (Å²) in [5.41, 5.74) is -0.0182. The third-order valence-corrected chi connectivity index (χ3v) is 8.08. The van der Waals surface area contributed by atoms with Crippen molar-refractivity contribution < 1.29 is 33.0 Å². The zero-order valence-corrected chi connectivity index (χ0v) is 23.0. The standard InChI is InChI=1S/C30H38FN3O6/c1-4-6-7-8-9-10-14-26(35)34-18-22(40-29(38)33-17-20-12-11-13-24(31)23(20)19-33)15-25(34)27(36)32-30(28(37)39-3)16-21(30)5-2/h4-5,11-13,21-22,25H,1-2,6-10,14-19H2,3H3,(H,32,36)/t21?,22-,25+,30-/m1/s1. The highest BCUT2D eigenvalue weighted by atomic mass is 19.1. The summed E-state index contributed by atoms with van der Waals surface area (Å²) < 4.78 is 24.8. The molecule has 1 aliphatic carbocycles. The van der Waals surface area contributed by atoms with Crippen LogP contribution >= 0.6 is 0 Å². The van der Waals surface area contributed by atoms with E-state index < -0.39 is 35.7 Å². The van der Waals surface area contributed by atoms with Gasteiger partial charge in [-0.1, -0.05) is 37.1 Å². The van der Waals surface area contributed by atoms with Gasteiger partial charge in [0.05, 0.1) is 20.2 Å². The molecule has 10 heteroatoms. The van der Waals surface area contributed by atoms with Gasteiger partial charge in [0.1, 0.15) is 23.5 Å². The van der Waals surface area contributed by atoms with Gasteiger partial charge in [-0.2, -0.15) is 0 Å². The molecule has 2 fully saturated rings. The van der Waals surface area contributed by atoms with Crippen LogP contribution in [0, 0.1) is 11.7 Å². The molecule has 1 saturated heterocycles. The number of ether oxygens (including phenoxy) is 2. The number of nitrogens with zero attached hydrogens (tertiary/aromatic N) is 2. The third-order valence-electron chi connectivity index (χ3n) is 8.08. The molecule has 3 amide bonds. The van der Waals surface area contributed by atoms with Crippen molar-refractivity contribution in [3.8, 4) is 0 Å². The van der Waals surface area contributed by atoms with Crippen LogP contribution in [0.3, 0.4) is 0 Å². The molecule has 0 radical (unpaired) electrons. The molecule has 2 aliphatic heterocycles. The molecule has 2 heterocycles. The molecule has 0 bridgehead atoms. The number of likely N-dealkylation sites (tertiary alicyclic amines) is 1. The lowest BCUT2D eigenvalue weighted by atomic mass is 10.1. The maximum Gasteiger partial charge on any atom is 0.410 e. The number of hydrogen-bond acceptors (Lipinski definition) is 6. The number of fused-ring (bicyclic) bond motifs is 1. The third kappa shape index (κ3) is 6.21. The van der Waals surface area contributed by atoms with E-state index in [1.54, 1.807) is 18.2 Å². The predicted molar refractivity (Wildman–Crippen MR) is 145 cm³/mol. The van der Waals surface area contributed by atoms with Crippen LogP contribution in [0.25, 0.3) is 0 Å². The van der Waals surface area contributed by atoms with Crippen LogP contribution in [0.4, 0.5) is 9.18 Å². The van der Waals surface area contributed by atoms with Gasteiger partial charge in [0, 0.05) is 30.9 Å². The van der Waals surface area contributed by atoms with E-state index >= 15 is 0 Å². The first-order valence-electron chi connectivity index (χ1n) is 13.9. The van der Waals surface area contributed by atoms with Crippen LogP contribution in [-0.2, 0) is 36.9 Å². The largest absolute Gasteiger partial charge is 0.467 e. The summed E-state index contributed by atoms with van der Waals surface area (Å²) >= 11 is 0. The van der Waals surface area contributed by atoms with Crippen LogP contribution in [0.2, 0.25) is 0 Å². The summed E-state index contributed by atoms with van der Waals surface area (Å²) in [6, 6.07) is 3.82. The highest BCUT2D eigenvalue weighted by Crippen LogP contribution is 2.45. The Hall–Kier alpha value is -3.69. The minimum Gasteiger partial charge on any atom is -0.467 e. The number of benzene rings is 1. The van der Waals surface area contributed by atoms with Gasteiger partial charge in [-0.05, 0) is 37.3 Å². The average molecular weight is 556 g/mol. The summed E-state index contributed by atoms with van der Waals surface area (Å²) in [6.45, 7) is 7.83. The van der Waals surface area contributed by atoms with E-state index in [1.807, 2.05) is 6.08 Å². The van der Waals surface area contributed by atoms with Crippen molar-refractivity contribution in [3.05, 3.63) is 60.5 Å². The number of nitrogens with one attached hydrogen (secondary N) is 1. The van der Waals surface area contributed by atoms with Crippen LogP contribution in [-0.4, -0.2) is 65.0 Å². The number of allylic oxidation sites excluding steroid dienone is 1. The SMILES string of the molecule is C=CCCCCCCC(=O)N1C[C@H](OC(=O)N2Cc3cccc(F)c3C2)C[C@H]1C(=O)N[C@]1(C(=O)OC)CC1C=C. The van der Waals surface area contributed by atoms with Crippen molar-refractivity contribution in [3.63, 3.8) is 0 Å². The van der Waals surface area contributed by atoms with Crippen LogP contribution in [0.15, 0.2) is 43.5 Å². The smallest absolute Gasteiger partial charge is 0.410 e. The van der Waals surface area contributed by atoms with Gasteiger partial charge in [-0.15, -0.1) is 13.2 Å². The summed E-state index contributed by atoms with van der Waals surface area (Å²) in [6.07, 6.45) is 7.30. The molecular formula is C30H38FN3O6. The van der Waals surface area contributed by atoms with Crippen molar-refractivity contribution in [2.75, 3.05) is 13.7 Å². The Morgan fingerprint density at radius 3 is 2.60 bits per heavy atom. The Labute approximate surface area is 234 Å². The van der Waals surface area contributed by atoms with E-state index in [0.717, 1.165) is 31.2 Å². The molecule has 1 N–H and O–H groups in total. The number of methoxy groups -OCH3 is 1. The van der Waals surface area contributed by atoms with Gasteiger partial charge < -0.3 is 19.7 Å². The van der Waals surface area contributed by atoms with Gasteiger partial charge >= 0.3 is 12.1 Å². The molecule has 1 aromatic rings. The van der Waals surface area contributed by atoms with E-state index in [0.29, 0.717) is 18.4 Å². The number of carbonyl (C=O) groups is 4. The molecular weight excluding hydrogens is 517 g/mol. The minimum absolute atomic E-state index is 0.0599. The van der Waals surface area contributed by atoms with E-state index in [2.05, 4.69) is 18.5 Å². The number of rotatable bonds is 12. The first-order valence-corrected chi connectivity index (χ1v) is 13.9. The maximum atomic E-state index is 14.2. The van der Waals surface area contributed by atoms with Crippen LogP contribution < -0.4 is 5.32 Å². The summed E-state index contributed by atoms with van der Waals surface area (Å²) in [5.74, 6) is -1.91. The Bertz CT molecular complexity index is 1170. The monoisotopic (exact) mass is 555 g/mol. The zero-order chi connectivity index (χ0) is 28.9. The van der Waals surface area contributed by atoms with Crippen LogP contribution in [0.1, 0.15) is 62.5 Å². The zero-order valence-electron chi connectivity index (χ0n) is 23.0. The summed E-state index contributed by atoms with van der Waals surface area (Å²) in [4.78, 5) is 55.0. The summed E-state index contributed by atoms with van der Waals surface area (Å²) in [7, 11) is 1.26. The maximum absolute atomic E-state index is 14.2. The highest BCUT2D eigenvalue weighted by Gasteiger charge is 2.61. The average Bonchev–Trinajstić information content (AvgIpc) is 3.25. The Morgan fingerprint density at radius 1 is 1.15 bits per heavy atom. The first kappa shape index (κ1) is 29.3. The fourth-order valence-electron chi connectivity index (χ4n) is 5.68. The quantitative estimate of drug-likeness (QED) is 0.237. The number of hydrogen-bond donors (Lipinski definition) is 1. The number of unbranched alkanes of at least 4 members (excludes halogenated alkanes) is 4. The Morgan fingerprint density at radius 2 is 1.93 bits per heavy atom. The molecule has 1 aromatic carbocycles. The Kier molecular flexibility index (Phi) is 9.27. The molecule has 40 heavy (non-hydrogen) atoms. The number of amides is 3. The van der Waals surface area contributed by atoms with Crippen molar-refractivity contribution in [2.24, 2.45) is 5.92 Å². The second kappa shape index (κ2) is 12.7. The van der Waals surface area contributed by atoms with Gasteiger partial charge in [-0.3, -0.25) is 14.5 Å². The normalized spacial score (nSPS) is 24.7. The molecule has 4 atom stereocenters. The van der Waals surface area contributed by atoms with E-state index in [1.165, 1.54) is 23.0 Å². The fourth-order valence-corrected chi connectivity index (χ4v) is 5.68. The Balaban J connectivity index is 1.41. The van der Waals surface area contributed by atoms with Crippen molar-refractivity contribution in [1.29, 1.82) is 0 Å². The predicted octanol–water partition coefficient (Wildman–Crippen LogP) is 4.01. The topological polar surface area (TPSA) is 105 Å². The minimum atomic E-state index is -1.20. The number of carbonyl (C=O) groups excluding carboxylic acids is 4. The number of esters is 1. The van der Waals surface area contributed by atoms with Crippen molar-refractivity contribution >= 4 is 23.9 Å². The van der Waals surface area contributed by atoms with Gasteiger partial charge in [0.15, 0.2) is 0 Å². The molecule has 3 aliphatic rings. The van der Waals surface area contributed by atoms with Crippen molar-refractivity contribution in [2.45, 2.75) is 82.1 Å². The lowest BCUT2D eigenvalue weighted by molar-refractivity contribution is -0.148. The molecule has 216 valence electrons. The van der Waals surface area contributed by atoms with E-state index in [4.69, 9.17) is 9.47 Å². The summed E-state index contributed by atoms with van der Waals surface area (Å²) in [5, 5.41) is 2.80. The second-order valence-corrected chi connectivity index (χ2v) is 10.8. The second-order valence-electron chi connectivity index (χ2n) is 10.8. The molecule has 4 rings (SSSR count).